The maximum atomic E-state index is 5.95. The highest BCUT2D eigenvalue weighted by atomic mass is 15.2. The van der Waals surface area contributed by atoms with Crippen molar-refractivity contribution in [2.45, 2.75) is 33.1 Å². The van der Waals surface area contributed by atoms with Gasteiger partial charge in [0.25, 0.3) is 0 Å². The second kappa shape index (κ2) is 5.04. The van der Waals surface area contributed by atoms with Gasteiger partial charge in [-0.2, -0.15) is 5.10 Å². The molecule has 3 heteroatoms. The van der Waals surface area contributed by atoms with Crippen LogP contribution >= 0.6 is 0 Å². The largest absolute Gasteiger partial charge is 0.382 e. The van der Waals surface area contributed by atoms with Gasteiger partial charge in [-0.3, -0.25) is 5.10 Å². The van der Waals surface area contributed by atoms with Crippen molar-refractivity contribution in [2.75, 3.05) is 5.73 Å². The van der Waals surface area contributed by atoms with E-state index in [2.05, 4.69) is 48.3 Å². The van der Waals surface area contributed by atoms with Crippen LogP contribution < -0.4 is 5.73 Å². The topological polar surface area (TPSA) is 54.7 Å². The third kappa shape index (κ3) is 2.49. The Balaban J connectivity index is 2.39. The monoisotopic (exact) mass is 229 g/mol. The molecule has 0 aliphatic rings. The van der Waals surface area contributed by atoms with Crippen LogP contribution in [0.2, 0.25) is 0 Å². The van der Waals surface area contributed by atoms with Crippen molar-refractivity contribution in [3.8, 4) is 11.1 Å². The van der Waals surface area contributed by atoms with Crippen molar-refractivity contribution in [3.05, 3.63) is 35.5 Å². The Morgan fingerprint density at radius 1 is 1.35 bits per heavy atom. The second-order valence-electron chi connectivity index (χ2n) is 4.44. The lowest BCUT2D eigenvalue weighted by molar-refractivity contribution is 0.773. The molecule has 3 N–H and O–H groups in total. The minimum absolute atomic E-state index is 0.599. The van der Waals surface area contributed by atoms with E-state index in [9.17, 15) is 0 Å². The van der Waals surface area contributed by atoms with E-state index in [0.717, 1.165) is 29.7 Å². The Kier molecular flexibility index (Phi) is 3.47. The zero-order valence-corrected chi connectivity index (χ0v) is 10.5. The number of benzene rings is 1. The number of unbranched alkanes of at least 4 members (excludes halogenated alkanes) is 1. The summed E-state index contributed by atoms with van der Waals surface area (Å²) in [7, 11) is 0. The van der Waals surface area contributed by atoms with E-state index in [1.165, 1.54) is 12.0 Å². The van der Waals surface area contributed by atoms with E-state index in [1.54, 1.807) is 0 Å². The van der Waals surface area contributed by atoms with Gasteiger partial charge in [0.2, 0.25) is 0 Å². The average molecular weight is 229 g/mol. The summed E-state index contributed by atoms with van der Waals surface area (Å²) in [4.78, 5) is 0. The third-order valence-electron chi connectivity index (χ3n) is 2.96. The quantitative estimate of drug-likeness (QED) is 0.845. The van der Waals surface area contributed by atoms with E-state index in [1.807, 2.05) is 0 Å². The number of nitrogens with one attached hydrogen (secondary N) is 1. The minimum atomic E-state index is 0.599. The molecule has 0 saturated heterocycles. The van der Waals surface area contributed by atoms with Gasteiger partial charge in [0.1, 0.15) is 0 Å². The summed E-state index contributed by atoms with van der Waals surface area (Å²) in [5.74, 6) is 0.599. The summed E-state index contributed by atoms with van der Waals surface area (Å²) < 4.78 is 0. The van der Waals surface area contributed by atoms with E-state index < -0.39 is 0 Å². The molecule has 0 bridgehead atoms. The number of nitrogens with two attached hydrogens (primary N) is 1. The molecule has 0 spiro atoms. The Hall–Kier alpha value is -1.77. The molecule has 0 atom stereocenters. The van der Waals surface area contributed by atoms with Gasteiger partial charge in [-0.05, 0) is 25.3 Å². The zero-order chi connectivity index (χ0) is 12.3. The summed E-state index contributed by atoms with van der Waals surface area (Å²) in [5.41, 5.74) is 10.6. The molecule has 1 heterocycles. The number of aryl methyl sites for hydroxylation is 2. The molecule has 3 nitrogen and oxygen atoms in total. The van der Waals surface area contributed by atoms with Gasteiger partial charge in [-0.1, -0.05) is 43.2 Å². The molecule has 90 valence electrons. The summed E-state index contributed by atoms with van der Waals surface area (Å²) in [6.45, 7) is 4.28. The molecular weight excluding hydrogens is 210 g/mol. The number of aromatic amines is 1. The SMILES string of the molecule is CCCCc1[nH]nc(N)c1-c1cccc(C)c1. The normalized spacial score (nSPS) is 10.7. The first-order chi connectivity index (χ1) is 8.22. The number of H-pyrrole nitrogens is 1. The smallest absolute Gasteiger partial charge is 0.153 e. The molecule has 2 rings (SSSR count). The van der Waals surface area contributed by atoms with Crippen molar-refractivity contribution >= 4 is 5.82 Å². The van der Waals surface area contributed by atoms with E-state index in [4.69, 9.17) is 5.73 Å². The van der Waals surface area contributed by atoms with Gasteiger partial charge in [-0.15, -0.1) is 0 Å². The van der Waals surface area contributed by atoms with Crippen molar-refractivity contribution in [1.82, 2.24) is 10.2 Å². The lowest BCUT2D eigenvalue weighted by Gasteiger charge is -2.05. The van der Waals surface area contributed by atoms with Crippen LogP contribution in [0.1, 0.15) is 31.0 Å². The molecule has 1 aromatic carbocycles. The fraction of sp³-hybridized carbons (Fsp3) is 0.357. The number of hydrogen-bond donors (Lipinski definition) is 2. The first-order valence-electron chi connectivity index (χ1n) is 6.12. The van der Waals surface area contributed by atoms with E-state index in [0.29, 0.717) is 5.82 Å². The maximum Gasteiger partial charge on any atom is 0.153 e. The molecule has 1 aromatic heterocycles. The maximum absolute atomic E-state index is 5.95. The average Bonchev–Trinajstić information content (AvgIpc) is 2.68. The van der Waals surface area contributed by atoms with Crippen LogP contribution in [0.5, 0.6) is 0 Å². The fourth-order valence-electron chi connectivity index (χ4n) is 2.05. The molecule has 0 saturated carbocycles. The molecule has 2 aromatic rings. The highest BCUT2D eigenvalue weighted by molar-refractivity contribution is 5.76. The van der Waals surface area contributed by atoms with Crippen LogP contribution in [0.3, 0.4) is 0 Å². The van der Waals surface area contributed by atoms with Crippen LogP contribution in [0.4, 0.5) is 5.82 Å². The molecule has 0 amide bonds. The predicted molar refractivity (Wildman–Crippen MR) is 71.8 cm³/mol. The summed E-state index contributed by atoms with van der Waals surface area (Å²) in [6.07, 6.45) is 3.33. The van der Waals surface area contributed by atoms with E-state index >= 15 is 0 Å². The van der Waals surface area contributed by atoms with Gasteiger partial charge >= 0.3 is 0 Å². The van der Waals surface area contributed by atoms with Crippen LogP contribution in [0.15, 0.2) is 24.3 Å². The number of nitrogens with zero attached hydrogens (tertiary/aromatic N) is 1. The predicted octanol–water partition coefficient (Wildman–Crippen LogP) is 3.31. The Bertz CT molecular complexity index is 500. The highest BCUT2D eigenvalue weighted by Crippen LogP contribution is 2.29. The number of hydrogen-bond acceptors (Lipinski definition) is 2. The van der Waals surface area contributed by atoms with Crippen LogP contribution in [-0.2, 0) is 6.42 Å². The van der Waals surface area contributed by atoms with E-state index in [-0.39, 0.29) is 0 Å². The van der Waals surface area contributed by atoms with Gasteiger partial charge in [0, 0.05) is 11.3 Å². The van der Waals surface area contributed by atoms with Crippen LogP contribution in [-0.4, -0.2) is 10.2 Å². The standard InChI is InChI=1S/C14H19N3/c1-3-4-8-12-13(14(15)17-16-12)11-7-5-6-10(2)9-11/h5-7,9H,3-4,8H2,1-2H3,(H3,15,16,17). The summed E-state index contributed by atoms with van der Waals surface area (Å²) in [5, 5.41) is 7.18. The zero-order valence-electron chi connectivity index (χ0n) is 10.5. The van der Waals surface area contributed by atoms with Gasteiger partial charge < -0.3 is 5.73 Å². The van der Waals surface area contributed by atoms with Crippen LogP contribution in [0, 0.1) is 6.92 Å². The highest BCUT2D eigenvalue weighted by Gasteiger charge is 2.12. The number of anilines is 1. The lowest BCUT2D eigenvalue weighted by atomic mass is 10.0. The van der Waals surface area contributed by atoms with Gasteiger partial charge in [-0.25, -0.2) is 0 Å². The molecule has 0 aliphatic heterocycles. The molecule has 17 heavy (non-hydrogen) atoms. The fourth-order valence-corrected chi connectivity index (χ4v) is 2.05. The first-order valence-corrected chi connectivity index (χ1v) is 6.12. The van der Waals surface area contributed by atoms with Gasteiger partial charge in [0.15, 0.2) is 5.82 Å². The Morgan fingerprint density at radius 2 is 2.18 bits per heavy atom. The summed E-state index contributed by atoms with van der Waals surface area (Å²) >= 11 is 0. The molecule has 0 radical (unpaired) electrons. The van der Waals surface area contributed by atoms with Crippen molar-refractivity contribution in [3.63, 3.8) is 0 Å². The number of rotatable bonds is 4. The molecule has 0 unspecified atom stereocenters. The number of nitrogen functional groups attached to an aromatic ring is 1. The van der Waals surface area contributed by atoms with Crippen molar-refractivity contribution in [1.29, 1.82) is 0 Å². The van der Waals surface area contributed by atoms with Crippen molar-refractivity contribution < 1.29 is 0 Å². The third-order valence-corrected chi connectivity index (χ3v) is 2.96. The molecular formula is C14H19N3. The first kappa shape index (κ1) is 11.7. The van der Waals surface area contributed by atoms with Gasteiger partial charge in [0.05, 0.1) is 0 Å². The Labute approximate surface area is 102 Å². The minimum Gasteiger partial charge on any atom is -0.382 e. The Morgan fingerprint density at radius 3 is 2.88 bits per heavy atom. The summed E-state index contributed by atoms with van der Waals surface area (Å²) in [6, 6.07) is 8.38. The number of aromatic nitrogens is 2. The van der Waals surface area contributed by atoms with Crippen molar-refractivity contribution in [2.24, 2.45) is 0 Å². The van der Waals surface area contributed by atoms with Crippen LogP contribution in [0.25, 0.3) is 11.1 Å². The molecule has 0 fully saturated rings. The lowest BCUT2D eigenvalue weighted by Crippen LogP contribution is -1.92. The second-order valence-corrected chi connectivity index (χ2v) is 4.44. The molecule has 0 aliphatic carbocycles.